The topological polar surface area (TPSA) is 77.2 Å². The fraction of sp³-hybridized carbons (Fsp3) is 0.250. The molecule has 6 heteroatoms. The summed E-state index contributed by atoms with van der Waals surface area (Å²) in [6.07, 6.45) is 4.74. The summed E-state index contributed by atoms with van der Waals surface area (Å²) < 4.78 is 5.11. The smallest absolute Gasteiger partial charge is 0.212 e. The Hall–Kier alpha value is -2.99. The third-order valence-corrected chi connectivity index (χ3v) is 4.59. The van der Waals surface area contributed by atoms with Crippen LogP contribution in [0.1, 0.15) is 16.8 Å². The SMILES string of the molecule is COc1ccc(CN2CCc3nc(-c4ccc(N)cc4)ncc3C2)cn1. The van der Waals surface area contributed by atoms with E-state index in [4.69, 9.17) is 15.5 Å². The van der Waals surface area contributed by atoms with Gasteiger partial charge in [-0.25, -0.2) is 15.0 Å². The molecule has 26 heavy (non-hydrogen) atoms. The molecule has 0 spiro atoms. The second kappa shape index (κ2) is 7.09. The van der Waals surface area contributed by atoms with Crippen LogP contribution in [0.4, 0.5) is 5.69 Å². The average molecular weight is 347 g/mol. The van der Waals surface area contributed by atoms with Crippen molar-refractivity contribution in [3.8, 4) is 17.3 Å². The monoisotopic (exact) mass is 347 g/mol. The molecule has 2 N–H and O–H groups in total. The Morgan fingerprint density at radius 1 is 1.08 bits per heavy atom. The Morgan fingerprint density at radius 3 is 2.65 bits per heavy atom. The van der Waals surface area contributed by atoms with Crippen LogP contribution in [0.25, 0.3) is 11.4 Å². The van der Waals surface area contributed by atoms with Crippen LogP contribution in [0.15, 0.2) is 48.8 Å². The summed E-state index contributed by atoms with van der Waals surface area (Å²) in [4.78, 5) is 16.0. The minimum Gasteiger partial charge on any atom is -0.481 e. The molecule has 1 aromatic carbocycles. The molecule has 3 aromatic rings. The largest absolute Gasteiger partial charge is 0.481 e. The lowest BCUT2D eigenvalue weighted by Crippen LogP contribution is -2.31. The number of anilines is 1. The van der Waals surface area contributed by atoms with Gasteiger partial charge < -0.3 is 10.5 Å². The minimum atomic E-state index is 0.640. The lowest BCUT2D eigenvalue weighted by Gasteiger charge is -2.28. The van der Waals surface area contributed by atoms with Gasteiger partial charge in [-0.2, -0.15) is 0 Å². The maximum absolute atomic E-state index is 5.75. The Balaban J connectivity index is 1.47. The van der Waals surface area contributed by atoms with Crippen LogP contribution < -0.4 is 10.5 Å². The second-order valence-corrected chi connectivity index (χ2v) is 6.46. The molecule has 0 fully saturated rings. The summed E-state index contributed by atoms with van der Waals surface area (Å²) in [6.45, 7) is 2.68. The molecule has 4 rings (SSSR count). The summed E-state index contributed by atoms with van der Waals surface area (Å²) >= 11 is 0. The number of nitrogens with two attached hydrogens (primary N) is 1. The van der Waals surface area contributed by atoms with Crippen molar-refractivity contribution < 1.29 is 4.74 Å². The highest BCUT2D eigenvalue weighted by molar-refractivity contribution is 5.58. The molecule has 0 radical (unpaired) electrons. The summed E-state index contributed by atoms with van der Waals surface area (Å²) in [5.74, 6) is 1.40. The van der Waals surface area contributed by atoms with Crippen LogP contribution in [0, 0.1) is 0 Å². The van der Waals surface area contributed by atoms with Crippen molar-refractivity contribution in [2.75, 3.05) is 19.4 Å². The van der Waals surface area contributed by atoms with Gasteiger partial charge in [0.15, 0.2) is 5.82 Å². The summed E-state index contributed by atoms with van der Waals surface area (Å²) in [6, 6.07) is 11.6. The maximum atomic E-state index is 5.75. The first kappa shape index (κ1) is 16.5. The molecule has 6 nitrogen and oxygen atoms in total. The molecule has 1 aliphatic heterocycles. The minimum absolute atomic E-state index is 0.640. The van der Waals surface area contributed by atoms with Crippen molar-refractivity contribution in [3.63, 3.8) is 0 Å². The van der Waals surface area contributed by atoms with Gasteiger partial charge in [-0.15, -0.1) is 0 Å². The normalized spacial score (nSPS) is 14.0. The average Bonchev–Trinajstić information content (AvgIpc) is 2.69. The Bertz CT molecular complexity index is 893. The van der Waals surface area contributed by atoms with Gasteiger partial charge in [0.05, 0.1) is 12.8 Å². The van der Waals surface area contributed by atoms with Gasteiger partial charge in [0.25, 0.3) is 0 Å². The molecule has 0 bridgehead atoms. The van der Waals surface area contributed by atoms with Gasteiger partial charge >= 0.3 is 0 Å². The standard InChI is InChI=1S/C20H21N5O/c1-26-19-7-2-14(10-22-19)12-25-9-8-18-16(13-25)11-23-20(24-18)15-3-5-17(21)6-4-15/h2-7,10-11H,8-9,12-13,21H2,1H3. The molecule has 132 valence electrons. The number of hydrogen-bond acceptors (Lipinski definition) is 6. The molecule has 0 saturated heterocycles. The van der Waals surface area contributed by atoms with E-state index in [2.05, 4.69) is 20.9 Å². The van der Waals surface area contributed by atoms with Crippen LogP contribution in [-0.2, 0) is 19.5 Å². The van der Waals surface area contributed by atoms with E-state index in [0.717, 1.165) is 48.8 Å². The Kier molecular flexibility index (Phi) is 4.50. The van der Waals surface area contributed by atoms with Crippen molar-refractivity contribution in [2.24, 2.45) is 0 Å². The zero-order valence-electron chi connectivity index (χ0n) is 14.7. The van der Waals surface area contributed by atoms with Gasteiger partial charge in [-0.1, -0.05) is 6.07 Å². The molecule has 0 saturated carbocycles. The van der Waals surface area contributed by atoms with E-state index in [0.29, 0.717) is 5.88 Å². The number of nitrogen functional groups attached to an aromatic ring is 1. The zero-order chi connectivity index (χ0) is 17.9. The van der Waals surface area contributed by atoms with Crippen LogP contribution in [0.2, 0.25) is 0 Å². The van der Waals surface area contributed by atoms with Crippen molar-refractivity contribution in [1.82, 2.24) is 19.9 Å². The molecular weight excluding hydrogens is 326 g/mol. The summed E-state index contributed by atoms with van der Waals surface area (Å²) in [5.41, 5.74) is 11.0. The predicted octanol–water partition coefficient (Wildman–Crippen LogP) is 2.69. The number of nitrogens with zero attached hydrogens (tertiary/aromatic N) is 4. The van der Waals surface area contributed by atoms with E-state index in [1.165, 1.54) is 11.1 Å². The highest BCUT2D eigenvalue weighted by Crippen LogP contribution is 2.23. The third kappa shape index (κ3) is 3.50. The fourth-order valence-corrected chi connectivity index (χ4v) is 3.16. The van der Waals surface area contributed by atoms with E-state index in [9.17, 15) is 0 Å². The quantitative estimate of drug-likeness (QED) is 0.731. The molecule has 2 aromatic heterocycles. The Morgan fingerprint density at radius 2 is 1.92 bits per heavy atom. The van der Waals surface area contributed by atoms with Gasteiger partial charge in [0.1, 0.15) is 0 Å². The number of rotatable bonds is 4. The lowest BCUT2D eigenvalue weighted by atomic mass is 10.1. The number of aromatic nitrogens is 3. The number of pyridine rings is 1. The van der Waals surface area contributed by atoms with Gasteiger partial charge in [0.2, 0.25) is 5.88 Å². The highest BCUT2D eigenvalue weighted by Gasteiger charge is 2.19. The zero-order valence-corrected chi connectivity index (χ0v) is 14.7. The van der Waals surface area contributed by atoms with Gasteiger partial charge in [0, 0.05) is 61.3 Å². The van der Waals surface area contributed by atoms with Crippen molar-refractivity contribution >= 4 is 5.69 Å². The third-order valence-electron chi connectivity index (χ3n) is 4.59. The van der Waals surface area contributed by atoms with Crippen LogP contribution in [0.5, 0.6) is 5.88 Å². The first-order valence-electron chi connectivity index (χ1n) is 8.63. The molecular formula is C20H21N5O. The van der Waals surface area contributed by atoms with Crippen LogP contribution >= 0.6 is 0 Å². The molecule has 0 unspecified atom stereocenters. The maximum Gasteiger partial charge on any atom is 0.212 e. The van der Waals surface area contributed by atoms with Crippen molar-refractivity contribution in [2.45, 2.75) is 19.5 Å². The van der Waals surface area contributed by atoms with Crippen LogP contribution in [-0.4, -0.2) is 33.5 Å². The molecule has 0 atom stereocenters. The first-order chi connectivity index (χ1) is 12.7. The molecule has 0 aliphatic carbocycles. The molecule has 0 amide bonds. The molecule has 1 aliphatic rings. The Labute approximate surface area is 152 Å². The van der Waals surface area contributed by atoms with Gasteiger partial charge in [-0.05, 0) is 29.8 Å². The van der Waals surface area contributed by atoms with Crippen molar-refractivity contribution in [1.29, 1.82) is 0 Å². The van der Waals surface area contributed by atoms with E-state index in [1.54, 1.807) is 7.11 Å². The van der Waals surface area contributed by atoms with Crippen molar-refractivity contribution in [3.05, 3.63) is 65.6 Å². The lowest BCUT2D eigenvalue weighted by molar-refractivity contribution is 0.242. The van der Waals surface area contributed by atoms with E-state index >= 15 is 0 Å². The number of methoxy groups -OCH3 is 1. The summed E-state index contributed by atoms with van der Waals surface area (Å²) in [5, 5.41) is 0. The number of ether oxygens (including phenoxy) is 1. The number of benzene rings is 1. The van der Waals surface area contributed by atoms with E-state index in [1.807, 2.05) is 42.7 Å². The second-order valence-electron chi connectivity index (χ2n) is 6.46. The summed E-state index contributed by atoms with van der Waals surface area (Å²) in [7, 11) is 1.63. The molecule has 3 heterocycles. The van der Waals surface area contributed by atoms with E-state index in [-0.39, 0.29) is 0 Å². The van der Waals surface area contributed by atoms with Gasteiger partial charge in [-0.3, -0.25) is 4.90 Å². The van der Waals surface area contributed by atoms with E-state index < -0.39 is 0 Å². The highest BCUT2D eigenvalue weighted by atomic mass is 16.5. The predicted molar refractivity (Wildman–Crippen MR) is 100 cm³/mol. The fourth-order valence-electron chi connectivity index (χ4n) is 3.16. The number of fused-ring (bicyclic) bond motifs is 1. The number of hydrogen-bond donors (Lipinski definition) is 1. The van der Waals surface area contributed by atoms with Crippen LogP contribution in [0.3, 0.4) is 0 Å². The first-order valence-corrected chi connectivity index (χ1v) is 8.63.